The molecule has 0 bridgehead atoms. The second kappa shape index (κ2) is 12.1. The van der Waals surface area contributed by atoms with Crippen molar-refractivity contribution in [2.75, 3.05) is 29.8 Å². The molecule has 0 radical (unpaired) electrons. The summed E-state index contributed by atoms with van der Waals surface area (Å²) in [6.45, 7) is 3.07. The van der Waals surface area contributed by atoms with E-state index in [2.05, 4.69) is 20.0 Å². The van der Waals surface area contributed by atoms with Crippen LogP contribution in [0.2, 0.25) is 0 Å². The molecule has 1 aliphatic heterocycles. The topological polar surface area (TPSA) is 241 Å². The van der Waals surface area contributed by atoms with Crippen LogP contribution in [0.1, 0.15) is 27.0 Å². The van der Waals surface area contributed by atoms with E-state index in [1.165, 1.54) is 31.7 Å². The maximum absolute atomic E-state index is 13.7. The van der Waals surface area contributed by atoms with Crippen molar-refractivity contribution in [3.63, 3.8) is 0 Å². The molecule has 228 valence electrons. The van der Waals surface area contributed by atoms with Gasteiger partial charge in [0.25, 0.3) is 5.56 Å². The van der Waals surface area contributed by atoms with E-state index in [9.17, 15) is 34.3 Å². The quantitative estimate of drug-likeness (QED) is 0.0944. The molecule has 1 aromatic carbocycles. The number of anilines is 2. The first-order valence-electron chi connectivity index (χ1n) is 12.6. The number of aromatic amines is 1. The summed E-state index contributed by atoms with van der Waals surface area (Å²) in [5.41, 5.74) is 1.82. The number of hydrogen-bond acceptors (Lipinski definition) is 13. The molecular weight excluding hydrogens is 595 g/mol. The Morgan fingerprint density at radius 2 is 2.00 bits per heavy atom. The Morgan fingerprint density at radius 1 is 1.31 bits per heavy atom. The lowest BCUT2D eigenvalue weighted by molar-refractivity contribution is -0.149. The summed E-state index contributed by atoms with van der Waals surface area (Å²) in [6, 6.07) is 8.33. The van der Waals surface area contributed by atoms with Crippen molar-refractivity contribution in [1.29, 1.82) is 0 Å². The summed E-state index contributed by atoms with van der Waals surface area (Å²) in [5, 5.41) is 33.3. The number of carboxylic acids is 1. The molecule has 4 rings (SSSR count). The van der Waals surface area contributed by atoms with Crippen LogP contribution in [0.4, 0.5) is 11.6 Å². The van der Waals surface area contributed by atoms with Crippen LogP contribution in [0.5, 0.6) is 0 Å². The number of para-hydroxylation sites is 1. The van der Waals surface area contributed by atoms with Crippen LogP contribution in [0.3, 0.4) is 0 Å². The highest BCUT2D eigenvalue weighted by molar-refractivity contribution is 8.13. The first-order valence-corrected chi connectivity index (χ1v) is 15.1. The minimum absolute atomic E-state index is 0.00756. The largest absolute Gasteiger partial charge is 0.480 e. The number of carbonyl (C=O) groups excluding carboxylic acids is 1. The minimum atomic E-state index is -4.17. The lowest BCUT2D eigenvalue weighted by Gasteiger charge is -2.27. The van der Waals surface area contributed by atoms with Gasteiger partial charge in [-0.1, -0.05) is 30.0 Å². The Kier molecular flexibility index (Phi) is 9.13. The Hall–Kier alpha value is -3.31. The van der Waals surface area contributed by atoms with Crippen molar-refractivity contribution in [1.82, 2.24) is 19.5 Å². The van der Waals surface area contributed by atoms with E-state index in [4.69, 9.17) is 19.5 Å². The number of aliphatic hydroxyl groups is 2. The van der Waals surface area contributed by atoms with Crippen LogP contribution < -0.4 is 16.4 Å². The van der Waals surface area contributed by atoms with Crippen molar-refractivity contribution in [2.45, 2.75) is 44.8 Å². The van der Waals surface area contributed by atoms with Crippen LogP contribution in [0.25, 0.3) is 11.2 Å². The molecule has 2 aromatic heterocycles. The fourth-order valence-electron chi connectivity index (χ4n) is 4.00. The van der Waals surface area contributed by atoms with E-state index >= 15 is 0 Å². The first kappa shape index (κ1) is 31.6. The van der Waals surface area contributed by atoms with E-state index in [1.54, 1.807) is 30.3 Å². The van der Waals surface area contributed by atoms with Crippen LogP contribution in [0.15, 0.2) is 41.5 Å². The minimum Gasteiger partial charge on any atom is -0.480 e. The summed E-state index contributed by atoms with van der Waals surface area (Å²) in [6.07, 6.45) is -2.88. The van der Waals surface area contributed by atoms with Gasteiger partial charge >= 0.3 is 13.7 Å². The summed E-state index contributed by atoms with van der Waals surface area (Å²) in [4.78, 5) is 46.1. The van der Waals surface area contributed by atoms with Crippen LogP contribution >= 0.6 is 19.5 Å². The fraction of sp³-hybridized carbons (Fsp3) is 0.458. The molecule has 5 atom stereocenters. The Morgan fingerprint density at radius 3 is 2.67 bits per heavy atom. The molecule has 0 spiro atoms. The molecule has 1 unspecified atom stereocenters. The van der Waals surface area contributed by atoms with Gasteiger partial charge in [-0.2, -0.15) is 4.98 Å². The third-order valence-corrected chi connectivity index (χ3v) is 9.22. The predicted molar refractivity (Wildman–Crippen MR) is 152 cm³/mol. The Bertz CT molecular complexity index is 1560. The Balaban J connectivity index is 1.48. The van der Waals surface area contributed by atoms with Crippen molar-refractivity contribution >= 4 is 53.4 Å². The highest BCUT2D eigenvalue weighted by Crippen LogP contribution is 2.49. The zero-order chi connectivity index (χ0) is 30.9. The third kappa shape index (κ3) is 6.52. The number of carboxylic acid groups (broad SMARTS) is 1. The smallest absolute Gasteiger partial charge is 0.432 e. The maximum atomic E-state index is 13.7. The van der Waals surface area contributed by atoms with E-state index in [-0.39, 0.29) is 29.5 Å². The van der Waals surface area contributed by atoms with Gasteiger partial charge in [-0.15, -0.1) is 0 Å². The van der Waals surface area contributed by atoms with E-state index < -0.39 is 60.4 Å². The monoisotopic (exact) mass is 626 g/mol. The van der Waals surface area contributed by atoms with E-state index in [0.29, 0.717) is 17.4 Å². The number of aliphatic carboxylic acids is 1. The maximum Gasteiger partial charge on any atom is 0.432 e. The van der Waals surface area contributed by atoms with Crippen LogP contribution in [-0.2, 0) is 27.9 Å². The van der Waals surface area contributed by atoms with Crippen molar-refractivity contribution in [2.24, 2.45) is 5.41 Å². The molecule has 0 amide bonds. The van der Waals surface area contributed by atoms with Gasteiger partial charge in [0.1, 0.15) is 23.2 Å². The average Bonchev–Trinajstić information content (AvgIpc) is 3.43. The molecule has 42 heavy (non-hydrogen) atoms. The van der Waals surface area contributed by atoms with Gasteiger partial charge in [0.2, 0.25) is 11.1 Å². The molecule has 3 aromatic rings. The molecule has 18 heteroatoms. The molecule has 0 aliphatic carbocycles. The highest BCUT2D eigenvalue weighted by atomic mass is 32.2. The molecule has 1 saturated heterocycles. The predicted octanol–water partition coefficient (Wildman–Crippen LogP) is 1.34. The van der Waals surface area contributed by atoms with Gasteiger partial charge in [0, 0.05) is 11.4 Å². The number of imidazole rings is 1. The Labute approximate surface area is 243 Å². The van der Waals surface area contributed by atoms with Crippen molar-refractivity contribution < 1.29 is 43.3 Å². The molecule has 0 saturated carbocycles. The standard InChI is InChI=1S/C24H31N6O10PS/c1-23(2,20(33)34)21(35)42-10-9-38-41(37,29-13-7-5-4-6-8-13)39-11-14-16(31)24(3,36)19(40-14)30-12-26-15-17(30)27-22(25)28-18(15)32/h4-8,12,14,16,19,31,36H,9-11H2,1-3H3,(H,29,37)(H,33,34)(H3,25,27,28,32)/t14-,16-,19-,24-,41?/m1/s1. The second-order valence-electron chi connectivity index (χ2n) is 10.1. The fourth-order valence-corrected chi connectivity index (χ4v) is 6.26. The summed E-state index contributed by atoms with van der Waals surface area (Å²) in [7, 11) is -4.17. The molecule has 3 heterocycles. The number of nitrogen functional groups attached to an aromatic ring is 1. The number of ether oxygens (including phenoxy) is 1. The molecule has 7 N–H and O–H groups in total. The van der Waals surface area contributed by atoms with E-state index in [0.717, 1.165) is 0 Å². The van der Waals surface area contributed by atoms with Crippen LogP contribution in [-0.4, -0.2) is 82.7 Å². The molecular formula is C24H31N6O10PS. The SMILES string of the molecule is CC(C)(C(=O)O)C(=O)SCCOP(=O)(Nc1ccccc1)OC[C@H]1O[C@@H](n2cnc3c(=O)[nH]c(N)nc32)[C@](C)(O)[C@@H]1O. The number of rotatable bonds is 12. The summed E-state index contributed by atoms with van der Waals surface area (Å²) < 4.78 is 31.9. The number of thioether (sulfide) groups is 1. The highest BCUT2D eigenvalue weighted by Gasteiger charge is 2.54. The number of aromatic nitrogens is 4. The number of aliphatic hydroxyl groups excluding tert-OH is 1. The number of carbonyl (C=O) groups is 2. The zero-order valence-corrected chi connectivity index (χ0v) is 24.5. The van der Waals surface area contributed by atoms with Gasteiger partial charge in [0.15, 0.2) is 17.4 Å². The van der Waals surface area contributed by atoms with Gasteiger partial charge in [-0.3, -0.25) is 38.1 Å². The summed E-state index contributed by atoms with van der Waals surface area (Å²) in [5.74, 6) is -1.50. The number of fused-ring (bicyclic) bond motifs is 1. The van der Waals surface area contributed by atoms with Crippen molar-refractivity contribution in [3.05, 3.63) is 47.0 Å². The van der Waals surface area contributed by atoms with Crippen LogP contribution in [0, 0.1) is 5.41 Å². The van der Waals surface area contributed by atoms with Gasteiger partial charge in [-0.25, -0.2) is 9.55 Å². The van der Waals surface area contributed by atoms with Gasteiger partial charge in [-0.05, 0) is 32.9 Å². The lowest BCUT2D eigenvalue weighted by Crippen LogP contribution is -2.44. The van der Waals surface area contributed by atoms with E-state index in [1.807, 2.05) is 0 Å². The molecule has 1 aliphatic rings. The molecule has 16 nitrogen and oxygen atoms in total. The average molecular weight is 627 g/mol. The number of nitrogens with one attached hydrogen (secondary N) is 2. The summed E-state index contributed by atoms with van der Waals surface area (Å²) >= 11 is 0.709. The van der Waals surface area contributed by atoms with Gasteiger partial charge < -0.3 is 25.8 Å². The van der Waals surface area contributed by atoms with Crippen molar-refractivity contribution in [3.8, 4) is 0 Å². The number of hydrogen-bond donors (Lipinski definition) is 6. The zero-order valence-electron chi connectivity index (χ0n) is 22.8. The lowest BCUT2D eigenvalue weighted by atomic mass is 9.96. The normalized spacial score (nSPS) is 24.0. The number of nitrogens with zero attached hydrogens (tertiary/aromatic N) is 3. The first-order chi connectivity index (χ1) is 19.7. The molecule has 1 fully saturated rings. The number of H-pyrrole nitrogens is 1. The van der Waals surface area contributed by atoms with Gasteiger partial charge in [0.05, 0.1) is 19.5 Å². The number of benzene rings is 1. The number of nitrogens with two attached hydrogens (primary N) is 1. The second-order valence-corrected chi connectivity index (χ2v) is 12.9. The third-order valence-electron chi connectivity index (χ3n) is 6.53.